The quantitative estimate of drug-likeness (QED) is 0.506. The molecule has 146 valence electrons. The lowest BCUT2D eigenvalue weighted by molar-refractivity contribution is 0.102. The Balaban J connectivity index is 1.65. The van der Waals surface area contributed by atoms with Crippen molar-refractivity contribution in [3.8, 4) is 5.75 Å². The highest BCUT2D eigenvalue weighted by Gasteiger charge is 2.13. The minimum absolute atomic E-state index is 0.221. The number of hydrogen-bond acceptors (Lipinski definition) is 5. The summed E-state index contributed by atoms with van der Waals surface area (Å²) in [4.78, 5) is 16.9. The van der Waals surface area contributed by atoms with Crippen LogP contribution >= 0.6 is 11.3 Å². The van der Waals surface area contributed by atoms with Crippen molar-refractivity contribution in [2.45, 2.75) is 33.1 Å². The average Bonchev–Trinajstić information content (AvgIpc) is 3.16. The number of aryl methyl sites for hydroxylation is 2. The van der Waals surface area contributed by atoms with E-state index in [2.05, 4.69) is 34.7 Å². The third-order valence-electron chi connectivity index (χ3n) is 4.36. The summed E-state index contributed by atoms with van der Waals surface area (Å²) in [5, 5.41) is 8.52. The first-order valence-electron chi connectivity index (χ1n) is 9.36. The molecule has 6 heteroatoms. The monoisotopic (exact) mass is 395 g/mol. The van der Waals surface area contributed by atoms with E-state index in [9.17, 15) is 4.79 Å². The first-order chi connectivity index (χ1) is 13.6. The third-order valence-corrected chi connectivity index (χ3v) is 5.12. The van der Waals surface area contributed by atoms with Gasteiger partial charge in [-0.2, -0.15) is 0 Å². The number of methoxy groups -OCH3 is 1. The van der Waals surface area contributed by atoms with Gasteiger partial charge < -0.3 is 15.4 Å². The molecule has 1 aromatic heterocycles. The summed E-state index contributed by atoms with van der Waals surface area (Å²) in [6.45, 7) is 4.19. The second-order valence-electron chi connectivity index (χ2n) is 6.62. The van der Waals surface area contributed by atoms with E-state index < -0.39 is 0 Å². The van der Waals surface area contributed by atoms with Gasteiger partial charge in [-0.15, -0.1) is 11.3 Å². The Morgan fingerprint density at radius 2 is 1.96 bits per heavy atom. The SMILES string of the molecule is CCCCc1ccc(NC(=O)c2csc(Nc3cc(C)ccc3OC)n2)cc1. The van der Waals surface area contributed by atoms with Crippen LogP contribution in [-0.2, 0) is 6.42 Å². The molecule has 0 radical (unpaired) electrons. The Bertz CT molecular complexity index is 935. The topological polar surface area (TPSA) is 63.2 Å². The summed E-state index contributed by atoms with van der Waals surface area (Å²) in [6.07, 6.45) is 3.41. The van der Waals surface area contributed by atoms with Crippen molar-refractivity contribution in [3.63, 3.8) is 0 Å². The van der Waals surface area contributed by atoms with E-state index in [-0.39, 0.29) is 5.91 Å². The van der Waals surface area contributed by atoms with E-state index in [0.29, 0.717) is 10.8 Å². The fourth-order valence-corrected chi connectivity index (χ4v) is 3.50. The van der Waals surface area contributed by atoms with Crippen LogP contribution in [-0.4, -0.2) is 18.0 Å². The number of aromatic nitrogens is 1. The minimum atomic E-state index is -0.221. The maximum absolute atomic E-state index is 12.5. The van der Waals surface area contributed by atoms with Gasteiger partial charge in [0, 0.05) is 11.1 Å². The summed E-state index contributed by atoms with van der Waals surface area (Å²) < 4.78 is 5.37. The van der Waals surface area contributed by atoms with Crippen molar-refractivity contribution in [1.29, 1.82) is 0 Å². The number of nitrogens with zero attached hydrogens (tertiary/aromatic N) is 1. The number of rotatable bonds is 8. The van der Waals surface area contributed by atoms with Gasteiger partial charge in [0.1, 0.15) is 11.4 Å². The average molecular weight is 396 g/mol. The molecule has 5 nitrogen and oxygen atoms in total. The maximum atomic E-state index is 12.5. The molecule has 0 atom stereocenters. The lowest BCUT2D eigenvalue weighted by Gasteiger charge is -2.09. The molecule has 3 aromatic rings. The smallest absolute Gasteiger partial charge is 0.275 e. The van der Waals surface area contributed by atoms with Gasteiger partial charge in [-0.1, -0.05) is 31.5 Å². The van der Waals surface area contributed by atoms with Crippen LogP contribution < -0.4 is 15.4 Å². The molecule has 0 unspecified atom stereocenters. The van der Waals surface area contributed by atoms with Gasteiger partial charge >= 0.3 is 0 Å². The van der Waals surface area contributed by atoms with Crippen molar-refractivity contribution in [1.82, 2.24) is 4.98 Å². The largest absolute Gasteiger partial charge is 0.495 e. The van der Waals surface area contributed by atoms with Crippen LogP contribution in [0, 0.1) is 6.92 Å². The number of unbranched alkanes of at least 4 members (excludes halogenated alkanes) is 1. The number of benzene rings is 2. The Hall–Kier alpha value is -2.86. The van der Waals surface area contributed by atoms with Gasteiger partial charge in [-0.05, 0) is 55.2 Å². The number of thiazole rings is 1. The molecular formula is C22H25N3O2S. The molecule has 3 rings (SSSR count). The van der Waals surface area contributed by atoms with Gasteiger partial charge in [0.25, 0.3) is 5.91 Å². The highest BCUT2D eigenvalue weighted by Crippen LogP contribution is 2.30. The van der Waals surface area contributed by atoms with Gasteiger partial charge in [0.2, 0.25) is 0 Å². The summed E-state index contributed by atoms with van der Waals surface area (Å²) in [5.41, 5.74) is 4.38. The van der Waals surface area contributed by atoms with Gasteiger partial charge in [-0.25, -0.2) is 4.98 Å². The van der Waals surface area contributed by atoms with Gasteiger partial charge in [-0.3, -0.25) is 4.79 Å². The van der Waals surface area contributed by atoms with Crippen LogP contribution in [0.2, 0.25) is 0 Å². The van der Waals surface area contributed by atoms with Crippen LogP contribution in [0.1, 0.15) is 41.4 Å². The van der Waals surface area contributed by atoms with Gasteiger partial charge in [0.15, 0.2) is 5.13 Å². The fourth-order valence-electron chi connectivity index (χ4n) is 2.80. The molecule has 2 aromatic carbocycles. The lowest BCUT2D eigenvalue weighted by Crippen LogP contribution is -2.12. The number of hydrogen-bond donors (Lipinski definition) is 2. The molecular weight excluding hydrogens is 370 g/mol. The van der Waals surface area contributed by atoms with E-state index >= 15 is 0 Å². The first kappa shape index (κ1) is 19.9. The number of nitrogens with one attached hydrogen (secondary N) is 2. The molecule has 28 heavy (non-hydrogen) atoms. The molecule has 1 heterocycles. The van der Waals surface area contributed by atoms with E-state index in [1.807, 2.05) is 37.3 Å². The zero-order chi connectivity index (χ0) is 19.9. The zero-order valence-electron chi connectivity index (χ0n) is 16.4. The summed E-state index contributed by atoms with van der Waals surface area (Å²) >= 11 is 1.38. The molecule has 0 aliphatic carbocycles. The Morgan fingerprint density at radius 1 is 1.18 bits per heavy atom. The number of carbonyl (C=O) groups is 1. The molecule has 0 saturated carbocycles. The number of anilines is 3. The highest BCUT2D eigenvalue weighted by atomic mass is 32.1. The Morgan fingerprint density at radius 3 is 2.68 bits per heavy atom. The Labute approximate surface area is 169 Å². The van der Waals surface area contributed by atoms with Crippen molar-refractivity contribution in [3.05, 3.63) is 64.7 Å². The second-order valence-corrected chi connectivity index (χ2v) is 7.48. The van der Waals surface area contributed by atoms with E-state index in [1.165, 1.54) is 29.7 Å². The van der Waals surface area contributed by atoms with Crippen molar-refractivity contribution in [2.24, 2.45) is 0 Å². The highest BCUT2D eigenvalue weighted by molar-refractivity contribution is 7.14. The molecule has 2 N–H and O–H groups in total. The van der Waals surface area contributed by atoms with Crippen LogP contribution in [0.3, 0.4) is 0 Å². The summed E-state index contributed by atoms with van der Waals surface area (Å²) in [7, 11) is 1.63. The fraction of sp³-hybridized carbons (Fsp3) is 0.273. The van der Waals surface area contributed by atoms with Gasteiger partial charge in [0.05, 0.1) is 12.8 Å². The molecule has 0 fully saturated rings. The molecule has 0 aliphatic heterocycles. The van der Waals surface area contributed by atoms with Crippen LogP contribution in [0.4, 0.5) is 16.5 Å². The summed E-state index contributed by atoms with van der Waals surface area (Å²) in [5.74, 6) is 0.511. The molecule has 0 bridgehead atoms. The Kier molecular flexibility index (Phi) is 6.66. The molecule has 1 amide bonds. The molecule has 0 spiro atoms. The number of amides is 1. The lowest BCUT2D eigenvalue weighted by atomic mass is 10.1. The maximum Gasteiger partial charge on any atom is 0.275 e. The minimum Gasteiger partial charge on any atom is -0.495 e. The van der Waals surface area contributed by atoms with Crippen molar-refractivity contribution in [2.75, 3.05) is 17.7 Å². The van der Waals surface area contributed by atoms with Crippen molar-refractivity contribution < 1.29 is 9.53 Å². The standard InChI is InChI=1S/C22H25N3O2S/c1-4-5-6-16-8-10-17(11-9-16)23-21(26)19-14-28-22(25-19)24-18-13-15(2)7-12-20(18)27-3/h7-14H,4-6H2,1-3H3,(H,23,26)(H,24,25). The predicted octanol–water partition coefficient (Wildman–Crippen LogP) is 5.80. The predicted molar refractivity (Wildman–Crippen MR) is 116 cm³/mol. The van der Waals surface area contributed by atoms with Crippen LogP contribution in [0.15, 0.2) is 47.8 Å². The van der Waals surface area contributed by atoms with E-state index in [1.54, 1.807) is 12.5 Å². The zero-order valence-corrected chi connectivity index (χ0v) is 17.2. The van der Waals surface area contributed by atoms with Crippen LogP contribution in [0.25, 0.3) is 0 Å². The molecule has 0 saturated heterocycles. The van der Waals surface area contributed by atoms with Crippen molar-refractivity contribution >= 4 is 33.8 Å². The van der Waals surface area contributed by atoms with E-state index in [0.717, 1.165) is 29.1 Å². The van der Waals surface area contributed by atoms with E-state index in [4.69, 9.17) is 4.74 Å². The first-order valence-corrected chi connectivity index (χ1v) is 10.2. The second kappa shape index (κ2) is 9.37. The van der Waals surface area contributed by atoms with Crippen LogP contribution in [0.5, 0.6) is 5.75 Å². The normalized spacial score (nSPS) is 10.5. The summed E-state index contributed by atoms with van der Waals surface area (Å²) in [6, 6.07) is 13.9. The molecule has 0 aliphatic rings. The number of ether oxygens (including phenoxy) is 1. The number of carbonyl (C=O) groups excluding carboxylic acids is 1. The third kappa shape index (κ3) is 5.10.